The number of carbonyl (C=O) groups is 1. The SMILES string of the molecule is CCCNC(=O)Nc1nc(-c2ccc3c(c2)n(C)c(=O)n3C)cs1. The number of thiazole rings is 1. The first-order valence-electron chi connectivity index (χ1n) is 7.67. The van der Waals surface area contributed by atoms with Crippen molar-refractivity contribution in [2.24, 2.45) is 14.1 Å². The maximum atomic E-state index is 12.0. The van der Waals surface area contributed by atoms with Crippen LogP contribution in [0, 0.1) is 0 Å². The number of urea groups is 1. The highest BCUT2D eigenvalue weighted by atomic mass is 32.1. The lowest BCUT2D eigenvalue weighted by Gasteiger charge is -2.03. The minimum atomic E-state index is -0.251. The van der Waals surface area contributed by atoms with Crippen LogP contribution in [-0.4, -0.2) is 26.7 Å². The van der Waals surface area contributed by atoms with Gasteiger partial charge in [-0.1, -0.05) is 13.0 Å². The third kappa shape index (κ3) is 2.92. The molecule has 0 aliphatic rings. The first kappa shape index (κ1) is 16.3. The summed E-state index contributed by atoms with van der Waals surface area (Å²) in [6, 6.07) is 5.52. The molecule has 3 rings (SSSR count). The highest BCUT2D eigenvalue weighted by molar-refractivity contribution is 7.14. The van der Waals surface area contributed by atoms with Crippen molar-refractivity contribution < 1.29 is 4.79 Å². The lowest BCUT2D eigenvalue weighted by Crippen LogP contribution is -2.29. The largest absolute Gasteiger partial charge is 0.338 e. The number of hydrogen-bond donors (Lipinski definition) is 2. The van der Waals surface area contributed by atoms with Crippen LogP contribution < -0.4 is 16.3 Å². The molecule has 0 spiro atoms. The minimum Gasteiger partial charge on any atom is -0.338 e. The Bertz CT molecular complexity index is 953. The second-order valence-electron chi connectivity index (χ2n) is 5.52. The van der Waals surface area contributed by atoms with E-state index in [1.807, 2.05) is 30.5 Å². The molecule has 0 unspecified atom stereocenters. The Morgan fingerprint density at radius 1 is 1.25 bits per heavy atom. The van der Waals surface area contributed by atoms with E-state index in [0.717, 1.165) is 28.7 Å². The molecule has 8 heteroatoms. The maximum absolute atomic E-state index is 12.0. The molecule has 2 N–H and O–H groups in total. The van der Waals surface area contributed by atoms with E-state index in [1.54, 1.807) is 23.2 Å². The maximum Gasteiger partial charge on any atom is 0.328 e. The van der Waals surface area contributed by atoms with Gasteiger partial charge in [0.2, 0.25) is 0 Å². The van der Waals surface area contributed by atoms with Gasteiger partial charge in [0.25, 0.3) is 0 Å². The van der Waals surface area contributed by atoms with E-state index >= 15 is 0 Å². The number of imidazole rings is 1. The number of aryl methyl sites for hydroxylation is 2. The minimum absolute atomic E-state index is 0.0598. The fourth-order valence-electron chi connectivity index (χ4n) is 2.51. The summed E-state index contributed by atoms with van der Waals surface area (Å²) < 4.78 is 3.23. The molecule has 1 aromatic carbocycles. The van der Waals surface area contributed by atoms with E-state index in [2.05, 4.69) is 15.6 Å². The second kappa shape index (κ2) is 6.48. The zero-order chi connectivity index (χ0) is 17.3. The number of benzene rings is 1. The molecule has 126 valence electrons. The zero-order valence-corrected chi connectivity index (χ0v) is 14.6. The Kier molecular flexibility index (Phi) is 4.39. The standard InChI is InChI=1S/C16H19N5O2S/c1-4-7-17-14(22)19-15-18-11(9-24-15)10-5-6-12-13(8-10)21(3)16(23)20(12)2/h5-6,8-9H,4,7H2,1-3H3,(H2,17,18,19,22). The van der Waals surface area contributed by atoms with Crippen molar-refractivity contribution in [3.8, 4) is 11.3 Å². The molecule has 0 saturated heterocycles. The van der Waals surface area contributed by atoms with Gasteiger partial charge in [0.05, 0.1) is 16.7 Å². The van der Waals surface area contributed by atoms with Gasteiger partial charge < -0.3 is 5.32 Å². The molecule has 7 nitrogen and oxygen atoms in total. The van der Waals surface area contributed by atoms with Crippen LogP contribution in [0.25, 0.3) is 22.3 Å². The number of hydrogen-bond acceptors (Lipinski definition) is 4. The molecule has 2 aromatic heterocycles. The molecule has 3 aromatic rings. The summed E-state index contributed by atoms with van der Waals surface area (Å²) >= 11 is 1.37. The molecule has 0 radical (unpaired) electrons. The van der Waals surface area contributed by atoms with Gasteiger partial charge in [-0.2, -0.15) is 0 Å². The number of aromatic nitrogens is 3. The van der Waals surface area contributed by atoms with Crippen molar-refractivity contribution in [1.82, 2.24) is 19.4 Å². The van der Waals surface area contributed by atoms with Crippen molar-refractivity contribution in [3.63, 3.8) is 0 Å². The van der Waals surface area contributed by atoms with Crippen molar-refractivity contribution in [1.29, 1.82) is 0 Å². The molecule has 24 heavy (non-hydrogen) atoms. The fourth-order valence-corrected chi connectivity index (χ4v) is 3.22. The summed E-state index contributed by atoms with van der Waals surface area (Å²) in [7, 11) is 3.50. The number of amides is 2. The first-order chi connectivity index (χ1) is 11.5. The Labute approximate surface area is 142 Å². The normalized spacial score (nSPS) is 11.0. The van der Waals surface area contributed by atoms with Crippen LogP contribution in [-0.2, 0) is 14.1 Å². The second-order valence-corrected chi connectivity index (χ2v) is 6.38. The highest BCUT2D eigenvalue weighted by Crippen LogP contribution is 2.27. The average Bonchev–Trinajstić information content (AvgIpc) is 3.12. The van der Waals surface area contributed by atoms with Gasteiger partial charge in [-0.3, -0.25) is 14.5 Å². The number of carbonyl (C=O) groups excluding carboxylic acids is 1. The summed E-state index contributed by atoms with van der Waals surface area (Å²) in [6.07, 6.45) is 0.881. The Morgan fingerprint density at radius 2 is 2.00 bits per heavy atom. The molecule has 2 heterocycles. The molecule has 0 bridgehead atoms. The van der Waals surface area contributed by atoms with Crippen LogP contribution in [0.15, 0.2) is 28.4 Å². The Hall–Kier alpha value is -2.61. The van der Waals surface area contributed by atoms with E-state index in [-0.39, 0.29) is 11.7 Å². The van der Waals surface area contributed by atoms with E-state index in [1.165, 1.54) is 11.3 Å². The molecular weight excluding hydrogens is 326 g/mol. The Balaban J connectivity index is 1.87. The van der Waals surface area contributed by atoms with Gasteiger partial charge in [-0.15, -0.1) is 11.3 Å². The van der Waals surface area contributed by atoms with E-state index < -0.39 is 0 Å². The van der Waals surface area contributed by atoms with Gasteiger partial charge in [0.15, 0.2) is 5.13 Å². The third-order valence-electron chi connectivity index (χ3n) is 3.83. The summed E-state index contributed by atoms with van der Waals surface area (Å²) in [6.45, 7) is 2.62. The van der Waals surface area contributed by atoms with Crippen molar-refractivity contribution in [2.75, 3.05) is 11.9 Å². The van der Waals surface area contributed by atoms with E-state index in [0.29, 0.717) is 11.7 Å². The molecule has 0 aliphatic carbocycles. The molecule has 2 amide bonds. The van der Waals surface area contributed by atoms with Crippen LogP contribution in [0.4, 0.5) is 9.93 Å². The zero-order valence-electron chi connectivity index (χ0n) is 13.8. The lowest BCUT2D eigenvalue weighted by atomic mass is 10.1. The van der Waals surface area contributed by atoms with Crippen LogP contribution in [0.3, 0.4) is 0 Å². The molecule has 0 fully saturated rings. The van der Waals surface area contributed by atoms with Crippen LogP contribution >= 0.6 is 11.3 Å². The quantitative estimate of drug-likeness (QED) is 0.762. The van der Waals surface area contributed by atoms with Gasteiger partial charge in [0, 0.05) is 31.6 Å². The summed E-state index contributed by atoms with van der Waals surface area (Å²) in [5.74, 6) is 0. The summed E-state index contributed by atoms with van der Waals surface area (Å²) in [5.41, 5.74) is 3.34. The van der Waals surface area contributed by atoms with Crippen LogP contribution in [0.1, 0.15) is 13.3 Å². The van der Waals surface area contributed by atoms with Gasteiger partial charge in [0.1, 0.15) is 0 Å². The fraction of sp³-hybridized carbons (Fsp3) is 0.312. The topological polar surface area (TPSA) is 81.0 Å². The number of nitrogens with one attached hydrogen (secondary N) is 2. The lowest BCUT2D eigenvalue weighted by molar-refractivity contribution is 0.252. The molecule has 0 aliphatic heterocycles. The van der Waals surface area contributed by atoms with Gasteiger partial charge >= 0.3 is 11.7 Å². The predicted molar refractivity (Wildman–Crippen MR) is 96.6 cm³/mol. The van der Waals surface area contributed by atoms with Crippen molar-refractivity contribution >= 4 is 33.5 Å². The number of nitrogens with zero attached hydrogens (tertiary/aromatic N) is 3. The molecule has 0 saturated carbocycles. The Morgan fingerprint density at radius 3 is 2.75 bits per heavy atom. The van der Waals surface area contributed by atoms with E-state index in [9.17, 15) is 9.59 Å². The van der Waals surface area contributed by atoms with Crippen LogP contribution in [0.2, 0.25) is 0 Å². The number of rotatable bonds is 4. The smallest absolute Gasteiger partial charge is 0.328 e. The van der Waals surface area contributed by atoms with Gasteiger partial charge in [-0.25, -0.2) is 14.6 Å². The van der Waals surface area contributed by atoms with E-state index in [4.69, 9.17) is 0 Å². The average molecular weight is 345 g/mol. The molecule has 0 atom stereocenters. The van der Waals surface area contributed by atoms with Crippen LogP contribution in [0.5, 0.6) is 0 Å². The van der Waals surface area contributed by atoms with Crippen molar-refractivity contribution in [3.05, 3.63) is 34.1 Å². The monoisotopic (exact) mass is 345 g/mol. The highest BCUT2D eigenvalue weighted by Gasteiger charge is 2.11. The summed E-state index contributed by atoms with van der Waals surface area (Å²) in [4.78, 5) is 28.1. The van der Waals surface area contributed by atoms with Gasteiger partial charge in [-0.05, 0) is 18.6 Å². The summed E-state index contributed by atoms with van der Waals surface area (Å²) in [5, 5.41) is 7.90. The molecular formula is C16H19N5O2S. The number of fused-ring (bicyclic) bond motifs is 1. The third-order valence-corrected chi connectivity index (χ3v) is 4.59. The van der Waals surface area contributed by atoms with Crippen molar-refractivity contribution in [2.45, 2.75) is 13.3 Å². The number of anilines is 1. The predicted octanol–water partition coefficient (Wildman–Crippen LogP) is 2.53. The first-order valence-corrected chi connectivity index (χ1v) is 8.55.